The number of hydrogen-bond donors (Lipinski definition) is 2. The van der Waals surface area contributed by atoms with Crippen LogP contribution in [0, 0.1) is 0 Å². The molecule has 2 aliphatic rings. The van der Waals surface area contributed by atoms with Crippen LogP contribution in [0.15, 0.2) is 24.3 Å². The lowest BCUT2D eigenvalue weighted by Crippen LogP contribution is -2.45. The van der Waals surface area contributed by atoms with E-state index in [1.807, 2.05) is 0 Å². The number of rotatable bonds is 4. The fourth-order valence-corrected chi connectivity index (χ4v) is 4.18. The predicted molar refractivity (Wildman–Crippen MR) is 96.9 cm³/mol. The van der Waals surface area contributed by atoms with E-state index >= 15 is 0 Å². The highest BCUT2D eigenvalue weighted by atomic mass is 16.3. The lowest BCUT2D eigenvalue weighted by Gasteiger charge is -2.37. The summed E-state index contributed by atoms with van der Waals surface area (Å²) in [7, 11) is 0. The van der Waals surface area contributed by atoms with E-state index in [1.54, 1.807) is 0 Å². The summed E-state index contributed by atoms with van der Waals surface area (Å²) in [4.78, 5) is 2.39. The third-order valence-electron chi connectivity index (χ3n) is 5.74. The van der Waals surface area contributed by atoms with Crippen molar-refractivity contribution in [3.8, 4) is 0 Å². The maximum Gasteiger partial charge on any atom is 0.0574 e. The second kappa shape index (κ2) is 7.23. The molecule has 0 bridgehead atoms. The molecule has 1 heterocycles. The summed E-state index contributed by atoms with van der Waals surface area (Å²) >= 11 is 0. The van der Waals surface area contributed by atoms with Gasteiger partial charge in [-0.15, -0.1) is 0 Å². The van der Waals surface area contributed by atoms with E-state index in [4.69, 9.17) is 0 Å². The fraction of sp³-hybridized carbons (Fsp3) is 0.700. The molecule has 3 heteroatoms. The van der Waals surface area contributed by atoms with Crippen LogP contribution in [0.25, 0.3) is 0 Å². The highest BCUT2D eigenvalue weighted by Gasteiger charge is 2.28. The number of nitrogens with zero attached hydrogens (tertiary/aromatic N) is 1. The Balaban J connectivity index is 1.60. The van der Waals surface area contributed by atoms with Gasteiger partial charge in [-0.3, -0.25) is 0 Å². The summed E-state index contributed by atoms with van der Waals surface area (Å²) in [5, 5.41) is 13.5. The zero-order chi connectivity index (χ0) is 16.3. The third kappa shape index (κ3) is 4.27. The zero-order valence-corrected chi connectivity index (χ0v) is 14.7. The maximum absolute atomic E-state index is 9.64. The molecule has 2 N–H and O–H groups in total. The summed E-state index contributed by atoms with van der Waals surface area (Å²) < 4.78 is 0. The van der Waals surface area contributed by atoms with Crippen molar-refractivity contribution in [2.75, 3.05) is 18.0 Å². The molecular formula is C20H32N2O. The van der Waals surface area contributed by atoms with E-state index in [9.17, 15) is 5.11 Å². The monoisotopic (exact) mass is 316 g/mol. The minimum Gasteiger partial charge on any atom is -0.393 e. The normalized spacial score (nSPS) is 23.7. The summed E-state index contributed by atoms with van der Waals surface area (Å²) in [5.41, 5.74) is 2.97. The van der Waals surface area contributed by atoms with E-state index in [0.717, 1.165) is 25.9 Å². The van der Waals surface area contributed by atoms with Crippen LogP contribution >= 0.6 is 0 Å². The predicted octanol–water partition coefficient (Wildman–Crippen LogP) is 4.02. The van der Waals surface area contributed by atoms with Gasteiger partial charge < -0.3 is 15.3 Å². The summed E-state index contributed by atoms with van der Waals surface area (Å²) in [5.74, 6) is 0. The molecule has 128 valence electrons. The average molecular weight is 316 g/mol. The Labute approximate surface area is 141 Å². The molecule has 0 aromatic heterocycles. The van der Waals surface area contributed by atoms with Gasteiger partial charge in [-0.2, -0.15) is 0 Å². The molecule has 3 rings (SSSR count). The van der Waals surface area contributed by atoms with Crippen LogP contribution in [0.1, 0.15) is 70.4 Å². The number of anilines is 1. The second-order valence-electron chi connectivity index (χ2n) is 7.80. The molecule has 1 saturated carbocycles. The molecule has 1 aliphatic carbocycles. The number of hydrogen-bond acceptors (Lipinski definition) is 3. The van der Waals surface area contributed by atoms with Crippen molar-refractivity contribution >= 4 is 5.69 Å². The maximum atomic E-state index is 9.64. The first-order valence-electron chi connectivity index (χ1n) is 9.36. The molecule has 1 aromatic carbocycles. The number of benzene rings is 1. The molecule has 1 atom stereocenters. The standard InChI is InChI=1S/C20H32N2O/c1-16(21-20(2)12-4-3-5-13-20)17-6-8-18(9-7-17)22-14-10-19(23)11-15-22/h6-9,16,19,21,23H,3-5,10-15H2,1-2H3. The Morgan fingerprint density at radius 3 is 2.30 bits per heavy atom. The molecule has 1 aromatic rings. The second-order valence-corrected chi connectivity index (χ2v) is 7.80. The highest BCUT2D eigenvalue weighted by Crippen LogP contribution is 2.31. The molecule has 1 unspecified atom stereocenters. The number of piperidine rings is 1. The quantitative estimate of drug-likeness (QED) is 0.880. The van der Waals surface area contributed by atoms with Crippen LogP contribution in [0.5, 0.6) is 0 Å². The Morgan fingerprint density at radius 1 is 1.09 bits per heavy atom. The summed E-state index contributed by atoms with van der Waals surface area (Å²) in [6.07, 6.45) is 8.37. The lowest BCUT2D eigenvalue weighted by atomic mass is 9.82. The molecule has 2 fully saturated rings. The van der Waals surface area contributed by atoms with Crippen molar-refractivity contribution in [3.05, 3.63) is 29.8 Å². The van der Waals surface area contributed by atoms with E-state index < -0.39 is 0 Å². The molecule has 0 spiro atoms. The van der Waals surface area contributed by atoms with Crippen molar-refractivity contribution in [2.24, 2.45) is 0 Å². The van der Waals surface area contributed by atoms with Crippen LogP contribution in [0.4, 0.5) is 5.69 Å². The number of nitrogens with one attached hydrogen (secondary N) is 1. The van der Waals surface area contributed by atoms with Gasteiger partial charge in [-0.1, -0.05) is 31.4 Å². The van der Waals surface area contributed by atoms with E-state index in [0.29, 0.717) is 11.6 Å². The molecule has 23 heavy (non-hydrogen) atoms. The Kier molecular flexibility index (Phi) is 5.27. The Hall–Kier alpha value is -1.06. The van der Waals surface area contributed by atoms with Crippen molar-refractivity contribution in [2.45, 2.75) is 76.5 Å². The largest absolute Gasteiger partial charge is 0.393 e. The minimum absolute atomic E-state index is 0.106. The van der Waals surface area contributed by atoms with Gasteiger partial charge in [-0.05, 0) is 57.2 Å². The first-order chi connectivity index (χ1) is 11.1. The fourth-order valence-electron chi connectivity index (χ4n) is 4.18. The van der Waals surface area contributed by atoms with Gasteiger partial charge in [0.25, 0.3) is 0 Å². The van der Waals surface area contributed by atoms with Gasteiger partial charge in [0, 0.05) is 30.4 Å². The van der Waals surface area contributed by atoms with E-state index in [1.165, 1.54) is 43.4 Å². The lowest BCUT2D eigenvalue weighted by molar-refractivity contribution is 0.145. The first-order valence-corrected chi connectivity index (χ1v) is 9.36. The average Bonchev–Trinajstić information content (AvgIpc) is 2.56. The van der Waals surface area contributed by atoms with Crippen LogP contribution in [0.2, 0.25) is 0 Å². The molecule has 0 radical (unpaired) electrons. The van der Waals surface area contributed by atoms with Crippen molar-refractivity contribution in [1.82, 2.24) is 5.32 Å². The van der Waals surface area contributed by atoms with Gasteiger partial charge in [0.05, 0.1) is 6.10 Å². The molecule has 3 nitrogen and oxygen atoms in total. The van der Waals surface area contributed by atoms with Crippen LogP contribution in [0.3, 0.4) is 0 Å². The van der Waals surface area contributed by atoms with Crippen molar-refractivity contribution in [1.29, 1.82) is 0 Å². The van der Waals surface area contributed by atoms with E-state index in [2.05, 4.69) is 48.3 Å². The third-order valence-corrected chi connectivity index (χ3v) is 5.74. The minimum atomic E-state index is -0.106. The molecular weight excluding hydrogens is 284 g/mol. The summed E-state index contributed by atoms with van der Waals surface area (Å²) in [6.45, 7) is 6.60. The van der Waals surface area contributed by atoms with Gasteiger partial charge in [0.2, 0.25) is 0 Å². The SMILES string of the molecule is CC(NC1(C)CCCCC1)c1ccc(N2CCC(O)CC2)cc1. The van der Waals surface area contributed by atoms with Crippen molar-refractivity contribution < 1.29 is 5.11 Å². The van der Waals surface area contributed by atoms with Gasteiger partial charge >= 0.3 is 0 Å². The van der Waals surface area contributed by atoms with Crippen LogP contribution in [-0.4, -0.2) is 29.8 Å². The van der Waals surface area contributed by atoms with Gasteiger partial charge in [0.15, 0.2) is 0 Å². The van der Waals surface area contributed by atoms with Gasteiger partial charge in [0.1, 0.15) is 0 Å². The van der Waals surface area contributed by atoms with Crippen LogP contribution in [-0.2, 0) is 0 Å². The smallest absolute Gasteiger partial charge is 0.0574 e. The van der Waals surface area contributed by atoms with Crippen LogP contribution < -0.4 is 10.2 Å². The topological polar surface area (TPSA) is 35.5 Å². The number of aliphatic hydroxyl groups excluding tert-OH is 1. The zero-order valence-electron chi connectivity index (χ0n) is 14.7. The molecule has 1 aliphatic heterocycles. The van der Waals surface area contributed by atoms with Gasteiger partial charge in [-0.25, -0.2) is 0 Å². The molecule has 1 saturated heterocycles. The Morgan fingerprint density at radius 2 is 1.70 bits per heavy atom. The highest BCUT2D eigenvalue weighted by molar-refractivity contribution is 5.48. The summed E-state index contributed by atoms with van der Waals surface area (Å²) in [6, 6.07) is 9.42. The van der Waals surface area contributed by atoms with Crippen molar-refractivity contribution in [3.63, 3.8) is 0 Å². The number of aliphatic hydroxyl groups is 1. The van der Waals surface area contributed by atoms with E-state index in [-0.39, 0.29) is 6.10 Å². The first kappa shape index (κ1) is 16.8. The molecule has 0 amide bonds. The Bertz CT molecular complexity index is 485.